The largest absolute Gasteiger partial charge is 0.508 e. The third-order valence-corrected chi connectivity index (χ3v) is 5.73. The number of carbonyl (C=O) groups is 4. The van der Waals surface area contributed by atoms with Crippen molar-refractivity contribution in [1.29, 1.82) is 0 Å². The van der Waals surface area contributed by atoms with Crippen LogP contribution in [0.15, 0.2) is 42.5 Å². The van der Waals surface area contributed by atoms with Gasteiger partial charge >= 0.3 is 0 Å². The highest BCUT2D eigenvalue weighted by Crippen LogP contribution is 2.39. The zero-order chi connectivity index (χ0) is 22.7. The smallest absolute Gasteiger partial charge is 0.275 e. The van der Waals surface area contributed by atoms with Crippen LogP contribution in [0, 0.1) is 6.92 Å². The number of rotatable bonds is 4. The molecule has 4 amide bonds. The van der Waals surface area contributed by atoms with Gasteiger partial charge in [-0.05, 0) is 42.8 Å². The monoisotopic (exact) mass is 431 g/mol. The normalized spacial score (nSPS) is 15.2. The summed E-state index contributed by atoms with van der Waals surface area (Å²) in [6, 6.07) is 10.3. The molecule has 3 aromatic rings. The lowest BCUT2D eigenvalue weighted by molar-refractivity contribution is 0.0508. The lowest BCUT2D eigenvalue weighted by Gasteiger charge is -2.32. The van der Waals surface area contributed by atoms with Gasteiger partial charge in [-0.1, -0.05) is 6.07 Å². The van der Waals surface area contributed by atoms with Gasteiger partial charge in [0.2, 0.25) is 0 Å². The molecule has 9 heteroatoms. The Balaban J connectivity index is 1.71. The summed E-state index contributed by atoms with van der Waals surface area (Å²) in [5.41, 5.74) is 4.10. The van der Waals surface area contributed by atoms with Gasteiger partial charge in [-0.2, -0.15) is 0 Å². The first kappa shape index (κ1) is 19.9. The Hall–Kier alpha value is -4.08. The van der Waals surface area contributed by atoms with Crippen molar-refractivity contribution >= 4 is 40.1 Å². The van der Waals surface area contributed by atoms with Gasteiger partial charge in [-0.3, -0.25) is 19.2 Å². The van der Waals surface area contributed by atoms with Crippen molar-refractivity contribution in [3.63, 3.8) is 0 Å². The van der Waals surface area contributed by atoms with Crippen LogP contribution in [0.5, 0.6) is 5.75 Å². The van der Waals surface area contributed by atoms with Crippen molar-refractivity contribution in [3.05, 3.63) is 70.3 Å². The Morgan fingerprint density at radius 1 is 0.781 bits per heavy atom. The molecular weight excluding hydrogens is 414 g/mol. The first-order valence-corrected chi connectivity index (χ1v) is 9.86. The number of phenols is 1. The molecule has 0 atom stereocenters. The highest BCUT2D eigenvalue weighted by Gasteiger charge is 2.40. The minimum Gasteiger partial charge on any atom is -0.508 e. The second-order valence-corrected chi connectivity index (χ2v) is 7.57. The van der Waals surface area contributed by atoms with E-state index >= 15 is 0 Å². The molecule has 0 saturated heterocycles. The van der Waals surface area contributed by atoms with Crippen molar-refractivity contribution in [2.75, 3.05) is 18.1 Å². The maximum absolute atomic E-state index is 13.3. The molecule has 0 unspecified atom stereocenters. The summed E-state index contributed by atoms with van der Waals surface area (Å²) in [5.74, 6) is -2.55. The summed E-state index contributed by atoms with van der Waals surface area (Å²) in [4.78, 5) is 53.4. The number of aryl methyl sites for hydroxylation is 1. The highest BCUT2D eigenvalue weighted by molar-refractivity contribution is 6.39. The Morgan fingerprint density at radius 3 is 1.75 bits per heavy atom. The maximum Gasteiger partial charge on any atom is 0.275 e. The molecule has 3 N–H and O–H groups in total. The Bertz CT molecular complexity index is 1310. The van der Waals surface area contributed by atoms with Gasteiger partial charge in [0.1, 0.15) is 5.75 Å². The number of aliphatic hydroxyl groups is 1. The molecule has 9 nitrogen and oxygen atoms in total. The van der Waals surface area contributed by atoms with Gasteiger partial charge in [0.15, 0.2) is 0 Å². The SMILES string of the molecule is Cc1ccc(N2C(=O)c3ccc4c5c(ccc(c35)C2=O)C(=O)N(NCCO)C4=O)cc1O. The van der Waals surface area contributed by atoms with Gasteiger partial charge in [-0.15, -0.1) is 0 Å². The summed E-state index contributed by atoms with van der Waals surface area (Å²) < 4.78 is 0. The topological polar surface area (TPSA) is 127 Å². The number of anilines is 1. The Kier molecular flexibility index (Phi) is 4.33. The number of hydrogen-bond donors (Lipinski definition) is 3. The molecule has 2 aliphatic heterocycles. The average molecular weight is 431 g/mol. The lowest BCUT2D eigenvalue weighted by atomic mass is 9.86. The lowest BCUT2D eigenvalue weighted by Crippen LogP contribution is -2.50. The van der Waals surface area contributed by atoms with Crippen LogP contribution < -0.4 is 10.3 Å². The fraction of sp³-hybridized carbons (Fsp3) is 0.130. The fourth-order valence-corrected chi connectivity index (χ4v) is 4.15. The minimum atomic E-state index is -0.634. The van der Waals surface area contributed by atoms with E-state index in [4.69, 9.17) is 5.11 Å². The van der Waals surface area contributed by atoms with Gasteiger partial charge in [0.25, 0.3) is 23.6 Å². The van der Waals surface area contributed by atoms with E-state index in [1.807, 2.05) is 0 Å². The molecule has 5 rings (SSSR count). The van der Waals surface area contributed by atoms with Crippen LogP contribution in [0.4, 0.5) is 5.69 Å². The number of aliphatic hydroxyl groups excluding tert-OH is 1. The molecule has 3 aromatic carbocycles. The predicted octanol–water partition coefficient (Wildman–Crippen LogP) is 1.75. The first-order chi connectivity index (χ1) is 15.3. The molecule has 0 saturated carbocycles. The number of imide groups is 2. The zero-order valence-corrected chi connectivity index (χ0v) is 16.9. The van der Waals surface area contributed by atoms with Crippen LogP contribution >= 0.6 is 0 Å². The predicted molar refractivity (Wildman–Crippen MR) is 114 cm³/mol. The van der Waals surface area contributed by atoms with Crippen LogP contribution in [0.25, 0.3) is 10.8 Å². The molecular formula is C23H17N3O6. The van der Waals surface area contributed by atoms with Crippen molar-refractivity contribution in [2.24, 2.45) is 0 Å². The number of carbonyl (C=O) groups excluding carboxylic acids is 4. The molecule has 160 valence electrons. The second kappa shape index (κ2) is 6.98. The molecule has 0 aliphatic carbocycles. The van der Waals surface area contributed by atoms with Crippen molar-refractivity contribution in [3.8, 4) is 5.75 Å². The number of phenolic OH excluding ortho intramolecular Hbond substituents is 1. The molecule has 32 heavy (non-hydrogen) atoms. The molecule has 2 heterocycles. The number of aromatic hydroxyl groups is 1. The van der Waals surface area contributed by atoms with E-state index in [2.05, 4.69) is 5.43 Å². The van der Waals surface area contributed by atoms with Crippen molar-refractivity contribution < 1.29 is 29.4 Å². The van der Waals surface area contributed by atoms with E-state index in [1.165, 1.54) is 30.3 Å². The summed E-state index contributed by atoms with van der Waals surface area (Å²) in [6.07, 6.45) is 0. The third-order valence-electron chi connectivity index (χ3n) is 5.73. The number of nitrogens with zero attached hydrogens (tertiary/aromatic N) is 2. The first-order valence-electron chi connectivity index (χ1n) is 9.86. The van der Waals surface area contributed by atoms with Crippen molar-refractivity contribution in [2.45, 2.75) is 6.92 Å². The molecule has 0 fully saturated rings. The molecule has 2 aliphatic rings. The van der Waals surface area contributed by atoms with Crippen molar-refractivity contribution in [1.82, 2.24) is 10.4 Å². The standard InChI is InChI=1S/C23H17N3O6/c1-11-2-3-12(10-17(11)28)25-20(29)13-4-6-15-19-16(7-5-14(18(13)19)21(25)30)23(32)26(22(15)31)24-8-9-27/h2-7,10,24,27-28H,8-9H2,1H3. The molecule has 0 bridgehead atoms. The number of amides is 4. The Morgan fingerprint density at radius 2 is 1.28 bits per heavy atom. The van der Waals surface area contributed by atoms with Crippen LogP contribution in [0.1, 0.15) is 47.0 Å². The summed E-state index contributed by atoms with van der Waals surface area (Å²) in [5, 5.41) is 20.4. The van der Waals surface area contributed by atoms with Crippen LogP contribution in [-0.2, 0) is 0 Å². The van der Waals surface area contributed by atoms with Gasteiger partial charge in [-0.25, -0.2) is 15.3 Å². The van der Waals surface area contributed by atoms with E-state index in [1.54, 1.807) is 19.1 Å². The highest BCUT2D eigenvalue weighted by atomic mass is 16.3. The number of hydrazine groups is 1. The summed E-state index contributed by atoms with van der Waals surface area (Å²) in [6.45, 7) is 1.43. The van der Waals surface area contributed by atoms with E-state index in [-0.39, 0.29) is 57.6 Å². The average Bonchev–Trinajstić information content (AvgIpc) is 2.78. The van der Waals surface area contributed by atoms with Crippen LogP contribution in [0.3, 0.4) is 0 Å². The number of nitrogens with one attached hydrogen (secondary N) is 1. The van der Waals surface area contributed by atoms with E-state index in [0.29, 0.717) is 5.56 Å². The third kappa shape index (κ3) is 2.58. The minimum absolute atomic E-state index is 0.00144. The van der Waals surface area contributed by atoms with Gasteiger partial charge in [0.05, 0.1) is 23.4 Å². The summed E-state index contributed by atoms with van der Waals surface area (Å²) >= 11 is 0. The number of benzene rings is 3. The van der Waals surface area contributed by atoms with E-state index in [0.717, 1.165) is 9.91 Å². The second-order valence-electron chi connectivity index (χ2n) is 7.57. The van der Waals surface area contributed by atoms with E-state index in [9.17, 15) is 24.3 Å². The maximum atomic E-state index is 13.3. The van der Waals surface area contributed by atoms with Crippen LogP contribution in [0.2, 0.25) is 0 Å². The van der Waals surface area contributed by atoms with Gasteiger partial charge < -0.3 is 10.2 Å². The quantitative estimate of drug-likeness (QED) is 0.537. The number of hydrogen-bond acceptors (Lipinski definition) is 7. The van der Waals surface area contributed by atoms with E-state index < -0.39 is 23.6 Å². The summed E-state index contributed by atoms with van der Waals surface area (Å²) in [7, 11) is 0. The fourth-order valence-electron chi connectivity index (χ4n) is 4.15. The molecule has 0 spiro atoms. The Labute approximate surface area is 181 Å². The van der Waals surface area contributed by atoms with Crippen LogP contribution in [-0.4, -0.2) is 52.0 Å². The zero-order valence-electron chi connectivity index (χ0n) is 16.9. The molecule has 0 aromatic heterocycles. The molecule has 0 radical (unpaired) electrons. The van der Waals surface area contributed by atoms with Gasteiger partial charge in [0, 0.05) is 34.5 Å².